The first-order valence-corrected chi connectivity index (χ1v) is 12.1. The summed E-state index contributed by atoms with van der Waals surface area (Å²) >= 11 is 0. The average Bonchev–Trinajstić information content (AvgIpc) is 3.14. The summed E-state index contributed by atoms with van der Waals surface area (Å²) in [6.45, 7) is 3.40. The summed E-state index contributed by atoms with van der Waals surface area (Å²) in [7, 11) is 0. The number of rotatable bonds is 11. The van der Waals surface area contributed by atoms with Gasteiger partial charge in [0.15, 0.2) is 0 Å². The fourth-order valence-corrected chi connectivity index (χ4v) is 4.68. The number of nitrogens with one attached hydrogen (secondary N) is 1. The molecule has 1 saturated heterocycles. The van der Waals surface area contributed by atoms with Crippen molar-refractivity contribution in [1.82, 2.24) is 10.2 Å². The first kappa shape index (κ1) is 24.7. The summed E-state index contributed by atoms with van der Waals surface area (Å²) in [5.74, 6) is -0.645. The fraction of sp³-hybridized carbons (Fsp3) is 0.444. The van der Waals surface area contributed by atoms with Crippen molar-refractivity contribution in [2.24, 2.45) is 5.92 Å². The van der Waals surface area contributed by atoms with Crippen LogP contribution in [0.15, 0.2) is 48.5 Å². The maximum absolute atomic E-state index is 12.3. The fourth-order valence-electron chi connectivity index (χ4n) is 4.68. The van der Waals surface area contributed by atoms with Crippen LogP contribution < -0.4 is 5.32 Å². The molecule has 2 aromatic rings. The summed E-state index contributed by atoms with van der Waals surface area (Å²) in [4.78, 5) is 36.7. The number of hydrogen-bond acceptors (Lipinski definition) is 5. The van der Waals surface area contributed by atoms with Crippen LogP contribution in [0.5, 0.6) is 0 Å². The molecule has 2 aliphatic rings. The number of aliphatic carboxylic acids is 1. The molecular formula is C27H32N2O6. The van der Waals surface area contributed by atoms with E-state index in [0.29, 0.717) is 26.1 Å². The van der Waals surface area contributed by atoms with Crippen molar-refractivity contribution in [1.29, 1.82) is 0 Å². The molecule has 0 aromatic heterocycles. The van der Waals surface area contributed by atoms with E-state index in [0.717, 1.165) is 12.8 Å². The van der Waals surface area contributed by atoms with Crippen LogP contribution in [-0.4, -0.2) is 66.9 Å². The molecule has 1 fully saturated rings. The Morgan fingerprint density at radius 2 is 1.66 bits per heavy atom. The third-order valence-electron chi connectivity index (χ3n) is 6.74. The molecule has 0 spiro atoms. The van der Waals surface area contributed by atoms with E-state index in [4.69, 9.17) is 14.6 Å². The number of fused-ring (bicyclic) bond motifs is 3. The van der Waals surface area contributed by atoms with Gasteiger partial charge in [0.25, 0.3) is 0 Å². The van der Waals surface area contributed by atoms with E-state index in [2.05, 4.69) is 36.5 Å². The van der Waals surface area contributed by atoms with E-state index in [1.807, 2.05) is 24.3 Å². The maximum Gasteiger partial charge on any atom is 0.407 e. The zero-order chi connectivity index (χ0) is 24.8. The first-order valence-electron chi connectivity index (χ1n) is 12.1. The largest absolute Gasteiger partial charge is 0.480 e. The van der Waals surface area contributed by atoms with Crippen LogP contribution in [0.1, 0.15) is 43.2 Å². The van der Waals surface area contributed by atoms with Gasteiger partial charge in [-0.1, -0.05) is 55.5 Å². The molecule has 0 saturated carbocycles. The Morgan fingerprint density at radius 3 is 2.29 bits per heavy atom. The van der Waals surface area contributed by atoms with Crippen molar-refractivity contribution in [2.45, 2.75) is 38.2 Å². The highest BCUT2D eigenvalue weighted by Gasteiger charge is 2.31. The maximum atomic E-state index is 12.3. The first-order chi connectivity index (χ1) is 16.9. The molecule has 2 aromatic carbocycles. The van der Waals surface area contributed by atoms with Gasteiger partial charge < -0.3 is 24.8 Å². The number of carboxylic acids is 1. The normalized spacial score (nSPS) is 15.6. The summed E-state index contributed by atoms with van der Waals surface area (Å²) in [5, 5.41) is 11.4. The lowest BCUT2D eigenvalue weighted by Crippen LogP contribution is -2.55. The van der Waals surface area contributed by atoms with E-state index >= 15 is 0 Å². The molecule has 0 bridgehead atoms. The van der Waals surface area contributed by atoms with E-state index in [1.165, 1.54) is 22.3 Å². The molecule has 1 aliphatic heterocycles. The highest BCUT2D eigenvalue weighted by molar-refractivity contribution is 5.79. The molecule has 4 rings (SSSR count). The van der Waals surface area contributed by atoms with Gasteiger partial charge in [-0.15, -0.1) is 0 Å². The molecule has 186 valence electrons. The highest BCUT2D eigenvalue weighted by atomic mass is 16.5. The topological polar surface area (TPSA) is 105 Å². The summed E-state index contributed by atoms with van der Waals surface area (Å²) in [6.07, 6.45) is 1.29. The Bertz CT molecular complexity index is 1020. The Morgan fingerprint density at radius 1 is 1.03 bits per heavy atom. The summed E-state index contributed by atoms with van der Waals surface area (Å²) in [6, 6.07) is 16.5. The minimum atomic E-state index is -1.00. The summed E-state index contributed by atoms with van der Waals surface area (Å²) < 4.78 is 10.7. The second-order valence-electron chi connectivity index (χ2n) is 9.31. The predicted octanol–water partition coefficient (Wildman–Crippen LogP) is 3.64. The van der Waals surface area contributed by atoms with Crippen molar-refractivity contribution in [3.63, 3.8) is 0 Å². The smallest absolute Gasteiger partial charge is 0.407 e. The quantitative estimate of drug-likeness (QED) is 0.509. The Kier molecular flexibility index (Phi) is 8.02. The van der Waals surface area contributed by atoms with Gasteiger partial charge in [-0.05, 0) is 41.0 Å². The van der Waals surface area contributed by atoms with Gasteiger partial charge in [-0.25, -0.2) is 9.59 Å². The molecule has 8 heteroatoms. The van der Waals surface area contributed by atoms with Crippen LogP contribution in [0.4, 0.5) is 4.79 Å². The number of likely N-dealkylation sites (tertiary alicyclic amines) is 1. The number of carbonyl (C=O) groups excluding carboxylic acids is 2. The van der Waals surface area contributed by atoms with Crippen LogP contribution in [-0.2, 0) is 19.1 Å². The standard InChI is InChI=1S/C27H32N2O6/c1-18(10-11-25(30)29-14-19(15-29)34-17-26(31)32)12-13-28-27(33)35-16-24-22-8-4-2-6-20(22)21-7-3-5-9-23(21)24/h2-9,18-19,24H,10-17H2,1H3,(H,28,33)(H,31,32). The van der Waals surface area contributed by atoms with Gasteiger partial charge in [0.05, 0.1) is 6.10 Å². The van der Waals surface area contributed by atoms with E-state index in [9.17, 15) is 14.4 Å². The molecule has 8 nitrogen and oxygen atoms in total. The van der Waals surface area contributed by atoms with Crippen molar-refractivity contribution >= 4 is 18.0 Å². The molecule has 2 N–H and O–H groups in total. The van der Waals surface area contributed by atoms with E-state index in [1.54, 1.807) is 4.90 Å². The van der Waals surface area contributed by atoms with Crippen molar-refractivity contribution in [2.75, 3.05) is 32.8 Å². The van der Waals surface area contributed by atoms with Gasteiger partial charge in [-0.2, -0.15) is 0 Å². The van der Waals surface area contributed by atoms with Crippen molar-refractivity contribution in [3.8, 4) is 11.1 Å². The zero-order valence-corrected chi connectivity index (χ0v) is 19.9. The Hall–Kier alpha value is -3.39. The van der Waals surface area contributed by atoms with Crippen LogP contribution in [0.25, 0.3) is 11.1 Å². The van der Waals surface area contributed by atoms with Gasteiger partial charge in [0, 0.05) is 32.0 Å². The molecular weight excluding hydrogens is 448 g/mol. The predicted molar refractivity (Wildman–Crippen MR) is 130 cm³/mol. The third-order valence-corrected chi connectivity index (χ3v) is 6.74. The summed E-state index contributed by atoms with van der Waals surface area (Å²) in [5.41, 5.74) is 4.76. The van der Waals surface area contributed by atoms with Crippen LogP contribution >= 0.6 is 0 Å². The number of alkyl carbamates (subject to hydrolysis) is 1. The van der Waals surface area contributed by atoms with Gasteiger partial charge >= 0.3 is 12.1 Å². The molecule has 2 amide bonds. The second kappa shape index (κ2) is 11.4. The van der Waals surface area contributed by atoms with E-state index in [-0.39, 0.29) is 37.1 Å². The van der Waals surface area contributed by atoms with Crippen molar-refractivity contribution in [3.05, 3.63) is 59.7 Å². The van der Waals surface area contributed by atoms with Crippen LogP contribution in [0, 0.1) is 5.92 Å². The number of hydrogen-bond donors (Lipinski definition) is 2. The minimum Gasteiger partial charge on any atom is -0.480 e. The molecule has 1 aliphatic carbocycles. The third kappa shape index (κ3) is 6.19. The number of ether oxygens (including phenoxy) is 2. The second-order valence-corrected chi connectivity index (χ2v) is 9.31. The lowest BCUT2D eigenvalue weighted by molar-refractivity contribution is -0.154. The molecule has 1 atom stereocenters. The minimum absolute atomic E-state index is 0.0358. The van der Waals surface area contributed by atoms with Crippen LogP contribution in [0.2, 0.25) is 0 Å². The van der Waals surface area contributed by atoms with Crippen molar-refractivity contribution < 1.29 is 29.0 Å². The Labute approximate surface area is 205 Å². The van der Waals surface area contributed by atoms with Gasteiger partial charge in [0.1, 0.15) is 13.2 Å². The Balaban J connectivity index is 1.12. The number of carboxylic acid groups (broad SMARTS) is 1. The number of benzene rings is 2. The molecule has 1 heterocycles. The number of amides is 2. The van der Waals surface area contributed by atoms with E-state index < -0.39 is 12.1 Å². The molecule has 1 unspecified atom stereocenters. The molecule has 35 heavy (non-hydrogen) atoms. The van der Waals surface area contributed by atoms with Gasteiger partial charge in [-0.3, -0.25) is 4.79 Å². The highest BCUT2D eigenvalue weighted by Crippen LogP contribution is 2.44. The number of carbonyl (C=O) groups is 3. The monoisotopic (exact) mass is 480 g/mol. The van der Waals surface area contributed by atoms with Gasteiger partial charge in [0.2, 0.25) is 5.91 Å². The number of nitrogens with zero attached hydrogens (tertiary/aromatic N) is 1. The SMILES string of the molecule is CC(CCNC(=O)OCC1c2ccccc2-c2ccccc21)CCC(=O)N1CC(OCC(=O)O)C1. The lowest BCUT2D eigenvalue weighted by atomic mass is 9.98. The molecule has 0 radical (unpaired) electrons. The lowest BCUT2D eigenvalue weighted by Gasteiger charge is -2.38. The average molecular weight is 481 g/mol. The van der Waals surface area contributed by atoms with Crippen LogP contribution in [0.3, 0.4) is 0 Å². The zero-order valence-electron chi connectivity index (χ0n) is 19.9.